The number of amides is 1. The first-order valence-corrected chi connectivity index (χ1v) is 6.86. The van der Waals surface area contributed by atoms with Crippen molar-refractivity contribution in [2.75, 3.05) is 39.0 Å². The number of nitrogens with zero attached hydrogens (tertiary/aromatic N) is 1. The lowest BCUT2D eigenvalue weighted by atomic mass is 10.3. The van der Waals surface area contributed by atoms with Crippen LogP contribution in [0.1, 0.15) is 12.8 Å². The second-order valence-electron chi connectivity index (χ2n) is 4.69. The average Bonchev–Trinajstić information content (AvgIpc) is 2.34. The smallest absolute Gasteiger partial charge is 0.221 e. The second kappa shape index (κ2) is 8.77. The summed E-state index contributed by atoms with van der Waals surface area (Å²) in [6.07, 6.45) is 1.44. The van der Waals surface area contributed by atoms with Crippen molar-refractivity contribution in [1.29, 1.82) is 0 Å². The number of anilines is 1. The van der Waals surface area contributed by atoms with Crippen molar-refractivity contribution in [2.24, 2.45) is 0 Å². The van der Waals surface area contributed by atoms with Crippen LogP contribution < -0.4 is 10.6 Å². The van der Waals surface area contributed by atoms with Crippen LogP contribution in [0, 0.1) is 0 Å². The molecular formula is C14H22ClN3O. The summed E-state index contributed by atoms with van der Waals surface area (Å²) in [6, 6.07) is 7.48. The van der Waals surface area contributed by atoms with Crippen molar-refractivity contribution in [3.8, 4) is 0 Å². The number of halogens is 1. The van der Waals surface area contributed by atoms with Crippen molar-refractivity contribution in [3.05, 3.63) is 29.3 Å². The molecule has 5 heteroatoms. The first-order valence-electron chi connectivity index (χ1n) is 6.49. The number of nitrogens with one attached hydrogen (secondary N) is 2. The number of carbonyl (C=O) groups is 1. The van der Waals surface area contributed by atoms with E-state index in [0.29, 0.717) is 18.0 Å². The lowest BCUT2D eigenvalue weighted by Gasteiger charge is -2.10. The molecule has 2 N–H and O–H groups in total. The van der Waals surface area contributed by atoms with Gasteiger partial charge in [-0.1, -0.05) is 17.7 Å². The van der Waals surface area contributed by atoms with Crippen molar-refractivity contribution in [1.82, 2.24) is 10.2 Å². The second-order valence-corrected chi connectivity index (χ2v) is 5.13. The summed E-state index contributed by atoms with van der Waals surface area (Å²) in [5.74, 6) is 0.0771. The first kappa shape index (κ1) is 15.8. The molecule has 0 fully saturated rings. The molecule has 0 atom stereocenters. The molecule has 0 bridgehead atoms. The fourth-order valence-electron chi connectivity index (χ4n) is 1.63. The Morgan fingerprint density at radius 1 is 1.32 bits per heavy atom. The lowest BCUT2D eigenvalue weighted by Crippen LogP contribution is -2.28. The minimum atomic E-state index is 0.0771. The summed E-state index contributed by atoms with van der Waals surface area (Å²) < 4.78 is 0. The Hall–Kier alpha value is -1.26. The third kappa shape index (κ3) is 7.70. The molecule has 0 aromatic heterocycles. The number of carbonyl (C=O) groups excluding carboxylic acids is 1. The monoisotopic (exact) mass is 283 g/mol. The van der Waals surface area contributed by atoms with Gasteiger partial charge in [-0.25, -0.2) is 0 Å². The topological polar surface area (TPSA) is 44.4 Å². The molecule has 4 nitrogen and oxygen atoms in total. The molecule has 0 aliphatic rings. The zero-order valence-electron chi connectivity index (χ0n) is 11.6. The highest BCUT2D eigenvalue weighted by atomic mass is 35.5. The van der Waals surface area contributed by atoms with Crippen LogP contribution in [0.15, 0.2) is 24.3 Å². The van der Waals surface area contributed by atoms with Crippen LogP contribution in [0.25, 0.3) is 0 Å². The molecule has 1 rings (SSSR count). The molecule has 106 valence electrons. The quantitative estimate of drug-likeness (QED) is 0.719. The molecule has 1 aromatic rings. The van der Waals surface area contributed by atoms with Crippen molar-refractivity contribution < 1.29 is 4.79 Å². The van der Waals surface area contributed by atoms with Gasteiger partial charge in [0.05, 0.1) is 0 Å². The summed E-state index contributed by atoms with van der Waals surface area (Å²) in [5, 5.41) is 6.77. The molecule has 0 aliphatic heterocycles. The maximum Gasteiger partial charge on any atom is 0.221 e. The van der Waals surface area contributed by atoms with E-state index in [4.69, 9.17) is 11.6 Å². The number of hydrogen-bond acceptors (Lipinski definition) is 3. The highest BCUT2D eigenvalue weighted by Crippen LogP contribution is 2.14. The van der Waals surface area contributed by atoms with Crippen LogP contribution >= 0.6 is 11.6 Å². The van der Waals surface area contributed by atoms with Gasteiger partial charge in [0.15, 0.2) is 0 Å². The van der Waals surface area contributed by atoms with Gasteiger partial charge < -0.3 is 15.5 Å². The lowest BCUT2D eigenvalue weighted by molar-refractivity contribution is -0.120. The fourth-order valence-corrected chi connectivity index (χ4v) is 1.82. The molecule has 19 heavy (non-hydrogen) atoms. The molecule has 1 amide bonds. The maximum absolute atomic E-state index is 11.6. The molecule has 0 radical (unpaired) electrons. The molecule has 0 aliphatic carbocycles. The van der Waals surface area contributed by atoms with E-state index >= 15 is 0 Å². The van der Waals surface area contributed by atoms with Gasteiger partial charge in [-0.05, 0) is 45.3 Å². The van der Waals surface area contributed by atoms with Crippen LogP contribution in [-0.2, 0) is 4.79 Å². The standard InChI is InChI=1S/C14H22ClN3O/c1-18(2)10-4-8-17-14(19)7-9-16-13-6-3-5-12(15)11-13/h3,5-6,11,16H,4,7-10H2,1-2H3,(H,17,19). The Morgan fingerprint density at radius 2 is 2.11 bits per heavy atom. The van der Waals surface area contributed by atoms with Gasteiger partial charge in [0, 0.05) is 30.2 Å². The van der Waals surface area contributed by atoms with Gasteiger partial charge in [-0.15, -0.1) is 0 Å². The molecular weight excluding hydrogens is 262 g/mol. The van der Waals surface area contributed by atoms with Crippen LogP contribution in [0.5, 0.6) is 0 Å². The Labute approximate surface area is 120 Å². The summed E-state index contributed by atoms with van der Waals surface area (Å²) in [4.78, 5) is 13.7. The third-order valence-electron chi connectivity index (χ3n) is 2.61. The Bertz CT molecular complexity index is 396. The predicted molar refractivity (Wildman–Crippen MR) is 80.7 cm³/mol. The minimum Gasteiger partial charge on any atom is -0.384 e. The zero-order chi connectivity index (χ0) is 14.1. The number of hydrogen-bond donors (Lipinski definition) is 2. The van der Waals surface area contributed by atoms with E-state index in [9.17, 15) is 4.79 Å². The summed E-state index contributed by atoms with van der Waals surface area (Å²) in [6.45, 7) is 2.33. The van der Waals surface area contributed by atoms with E-state index in [1.165, 1.54) is 0 Å². The fraction of sp³-hybridized carbons (Fsp3) is 0.500. The predicted octanol–water partition coefficient (Wildman–Crippen LogP) is 2.21. The van der Waals surface area contributed by atoms with Crippen molar-refractivity contribution in [3.63, 3.8) is 0 Å². The maximum atomic E-state index is 11.6. The van der Waals surface area contributed by atoms with Gasteiger partial charge in [0.25, 0.3) is 0 Å². The summed E-state index contributed by atoms with van der Waals surface area (Å²) in [5.41, 5.74) is 0.938. The first-order chi connectivity index (χ1) is 9.08. The van der Waals surface area contributed by atoms with E-state index in [-0.39, 0.29) is 5.91 Å². The van der Waals surface area contributed by atoms with E-state index in [0.717, 1.165) is 25.2 Å². The normalized spacial score (nSPS) is 10.5. The Balaban J connectivity index is 2.10. The summed E-state index contributed by atoms with van der Waals surface area (Å²) >= 11 is 5.87. The SMILES string of the molecule is CN(C)CCCNC(=O)CCNc1cccc(Cl)c1. The van der Waals surface area contributed by atoms with E-state index in [1.807, 2.05) is 38.4 Å². The van der Waals surface area contributed by atoms with Gasteiger partial charge in [-0.3, -0.25) is 4.79 Å². The van der Waals surface area contributed by atoms with Crippen LogP contribution in [0.4, 0.5) is 5.69 Å². The van der Waals surface area contributed by atoms with E-state index < -0.39 is 0 Å². The Morgan fingerprint density at radius 3 is 2.79 bits per heavy atom. The molecule has 0 saturated carbocycles. The highest BCUT2D eigenvalue weighted by molar-refractivity contribution is 6.30. The van der Waals surface area contributed by atoms with Gasteiger partial charge in [-0.2, -0.15) is 0 Å². The van der Waals surface area contributed by atoms with Gasteiger partial charge >= 0.3 is 0 Å². The van der Waals surface area contributed by atoms with Crippen LogP contribution in [-0.4, -0.2) is 44.5 Å². The average molecular weight is 284 g/mol. The highest BCUT2D eigenvalue weighted by Gasteiger charge is 2.00. The molecule has 0 spiro atoms. The largest absolute Gasteiger partial charge is 0.384 e. The van der Waals surface area contributed by atoms with E-state index in [2.05, 4.69) is 15.5 Å². The number of benzene rings is 1. The van der Waals surface area contributed by atoms with Crippen LogP contribution in [0.3, 0.4) is 0 Å². The van der Waals surface area contributed by atoms with Gasteiger partial charge in [0.1, 0.15) is 0 Å². The molecule has 1 aromatic carbocycles. The molecule has 0 unspecified atom stereocenters. The van der Waals surface area contributed by atoms with Crippen LogP contribution in [0.2, 0.25) is 5.02 Å². The Kier molecular flexibility index (Phi) is 7.30. The zero-order valence-corrected chi connectivity index (χ0v) is 12.3. The molecule has 0 heterocycles. The van der Waals surface area contributed by atoms with E-state index in [1.54, 1.807) is 0 Å². The van der Waals surface area contributed by atoms with Gasteiger partial charge in [0.2, 0.25) is 5.91 Å². The minimum absolute atomic E-state index is 0.0771. The number of rotatable bonds is 8. The third-order valence-corrected chi connectivity index (χ3v) is 2.85. The van der Waals surface area contributed by atoms with Crippen molar-refractivity contribution in [2.45, 2.75) is 12.8 Å². The summed E-state index contributed by atoms with van der Waals surface area (Å²) in [7, 11) is 4.05. The van der Waals surface area contributed by atoms with Crippen molar-refractivity contribution >= 4 is 23.2 Å². The molecule has 0 saturated heterocycles.